The van der Waals surface area contributed by atoms with E-state index in [-0.39, 0.29) is 0 Å². The molecule has 0 saturated heterocycles. The SMILES string of the molecule is C=CC[CH]c1ccc(OCC)cc1. The Balaban J connectivity index is 2.53. The molecule has 0 aliphatic heterocycles. The molecule has 1 rings (SSSR count). The fourth-order valence-corrected chi connectivity index (χ4v) is 1.09. The van der Waals surface area contributed by atoms with Gasteiger partial charge in [0.05, 0.1) is 6.61 Å². The van der Waals surface area contributed by atoms with E-state index in [2.05, 4.69) is 25.1 Å². The van der Waals surface area contributed by atoms with Crippen molar-refractivity contribution in [2.75, 3.05) is 6.61 Å². The van der Waals surface area contributed by atoms with Crippen LogP contribution in [0.25, 0.3) is 0 Å². The lowest BCUT2D eigenvalue weighted by Gasteiger charge is -2.03. The zero-order chi connectivity index (χ0) is 9.52. The van der Waals surface area contributed by atoms with Gasteiger partial charge in [0.15, 0.2) is 0 Å². The van der Waals surface area contributed by atoms with Crippen LogP contribution in [-0.2, 0) is 0 Å². The van der Waals surface area contributed by atoms with Gasteiger partial charge in [0.1, 0.15) is 5.75 Å². The molecule has 0 bridgehead atoms. The molecule has 1 nitrogen and oxygen atoms in total. The Morgan fingerprint density at radius 3 is 2.54 bits per heavy atom. The smallest absolute Gasteiger partial charge is 0.119 e. The fourth-order valence-electron chi connectivity index (χ4n) is 1.09. The molecule has 0 aliphatic carbocycles. The van der Waals surface area contributed by atoms with Gasteiger partial charge in [-0.3, -0.25) is 0 Å². The summed E-state index contributed by atoms with van der Waals surface area (Å²) < 4.78 is 5.33. The summed E-state index contributed by atoms with van der Waals surface area (Å²) in [5, 5.41) is 0. The molecule has 1 radical (unpaired) electrons. The second-order valence-corrected chi connectivity index (χ2v) is 2.73. The number of ether oxygens (including phenoxy) is 1. The highest BCUT2D eigenvalue weighted by atomic mass is 16.5. The standard InChI is InChI=1S/C12H15O/c1-3-5-6-11-7-9-12(10-8-11)13-4-2/h3,6-10H,1,4-5H2,2H3. The maximum atomic E-state index is 5.33. The molecule has 0 saturated carbocycles. The van der Waals surface area contributed by atoms with Crippen LogP contribution >= 0.6 is 0 Å². The van der Waals surface area contributed by atoms with E-state index in [1.807, 2.05) is 25.1 Å². The molecule has 1 aromatic carbocycles. The van der Waals surface area contributed by atoms with Gasteiger partial charge in [-0.05, 0) is 37.5 Å². The molecule has 1 heteroatoms. The molecule has 0 atom stereocenters. The molecular weight excluding hydrogens is 160 g/mol. The Hall–Kier alpha value is -1.24. The second-order valence-electron chi connectivity index (χ2n) is 2.73. The van der Waals surface area contributed by atoms with Crippen molar-refractivity contribution in [3.8, 4) is 5.75 Å². The average molecular weight is 175 g/mol. The van der Waals surface area contributed by atoms with Gasteiger partial charge >= 0.3 is 0 Å². The van der Waals surface area contributed by atoms with Crippen LogP contribution in [0.15, 0.2) is 36.9 Å². The van der Waals surface area contributed by atoms with Crippen molar-refractivity contribution in [1.29, 1.82) is 0 Å². The van der Waals surface area contributed by atoms with Crippen molar-refractivity contribution in [3.63, 3.8) is 0 Å². The van der Waals surface area contributed by atoms with Crippen LogP contribution in [-0.4, -0.2) is 6.61 Å². The van der Waals surface area contributed by atoms with E-state index >= 15 is 0 Å². The van der Waals surface area contributed by atoms with Gasteiger partial charge in [-0.15, -0.1) is 6.58 Å². The first-order valence-corrected chi connectivity index (χ1v) is 4.53. The zero-order valence-corrected chi connectivity index (χ0v) is 7.99. The molecule has 0 fully saturated rings. The number of allylic oxidation sites excluding steroid dienone is 1. The highest BCUT2D eigenvalue weighted by molar-refractivity contribution is 5.31. The van der Waals surface area contributed by atoms with E-state index in [0.29, 0.717) is 0 Å². The third kappa shape index (κ3) is 3.32. The average Bonchev–Trinajstić information content (AvgIpc) is 2.17. The highest BCUT2D eigenvalue weighted by Gasteiger charge is 1.93. The Morgan fingerprint density at radius 2 is 2.00 bits per heavy atom. The molecule has 0 unspecified atom stereocenters. The summed E-state index contributed by atoms with van der Waals surface area (Å²) in [5.74, 6) is 0.929. The predicted molar refractivity (Wildman–Crippen MR) is 55.8 cm³/mol. The van der Waals surface area contributed by atoms with Crippen LogP contribution in [0.4, 0.5) is 0 Å². The van der Waals surface area contributed by atoms with Gasteiger partial charge in [0.25, 0.3) is 0 Å². The van der Waals surface area contributed by atoms with Crippen LogP contribution in [0.1, 0.15) is 18.9 Å². The molecule has 69 valence electrons. The minimum atomic E-state index is 0.718. The Labute approximate surface area is 80.0 Å². The molecule has 0 aliphatic rings. The summed E-state index contributed by atoms with van der Waals surface area (Å²) in [6.07, 6.45) is 4.92. The molecule has 0 N–H and O–H groups in total. The minimum Gasteiger partial charge on any atom is -0.494 e. The van der Waals surface area contributed by atoms with E-state index < -0.39 is 0 Å². The van der Waals surface area contributed by atoms with Crippen molar-refractivity contribution < 1.29 is 4.74 Å². The van der Waals surface area contributed by atoms with E-state index in [4.69, 9.17) is 4.74 Å². The monoisotopic (exact) mass is 175 g/mol. The molecule has 0 heterocycles. The molecular formula is C12H15O. The molecule has 13 heavy (non-hydrogen) atoms. The summed E-state index contributed by atoms with van der Waals surface area (Å²) in [6.45, 7) is 6.37. The van der Waals surface area contributed by atoms with E-state index in [0.717, 1.165) is 18.8 Å². The quantitative estimate of drug-likeness (QED) is 0.624. The largest absolute Gasteiger partial charge is 0.494 e. The summed E-state index contributed by atoms with van der Waals surface area (Å²) in [5.41, 5.74) is 1.21. The van der Waals surface area contributed by atoms with Gasteiger partial charge in [0.2, 0.25) is 0 Å². The summed E-state index contributed by atoms with van der Waals surface area (Å²) in [6, 6.07) is 8.07. The van der Waals surface area contributed by atoms with Crippen LogP contribution in [0.2, 0.25) is 0 Å². The van der Waals surface area contributed by atoms with Gasteiger partial charge < -0.3 is 4.74 Å². The van der Waals surface area contributed by atoms with Crippen molar-refractivity contribution in [2.45, 2.75) is 13.3 Å². The minimum absolute atomic E-state index is 0.718. The number of rotatable bonds is 5. The van der Waals surface area contributed by atoms with Crippen molar-refractivity contribution in [2.24, 2.45) is 0 Å². The zero-order valence-electron chi connectivity index (χ0n) is 7.99. The Morgan fingerprint density at radius 1 is 1.31 bits per heavy atom. The summed E-state index contributed by atoms with van der Waals surface area (Å²) in [7, 11) is 0. The lowest BCUT2D eigenvalue weighted by molar-refractivity contribution is 0.340. The van der Waals surface area contributed by atoms with Gasteiger partial charge in [-0.1, -0.05) is 18.2 Å². The van der Waals surface area contributed by atoms with E-state index in [1.165, 1.54) is 5.56 Å². The maximum absolute atomic E-state index is 5.33. The van der Waals surface area contributed by atoms with Crippen LogP contribution in [0, 0.1) is 6.42 Å². The molecule has 0 spiro atoms. The Bertz CT molecular complexity index is 248. The maximum Gasteiger partial charge on any atom is 0.119 e. The molecule has 1 aromatic rings. The lowest BCUT2D eigenvalue weighted by atomic mass is 10.1. The predicted octanol–water partition coefficient (Wildman–Crippen LogP) is 3.21. The van der Waals surface area contributed by atoms with Crippen LogP contribution in [0.5, 0.6) is 5.75 Å². The number of benzene rings is 1. The number of hydrogen-bond acceptors (Lipinski definition) is 1. The second kappa shape index (κ2) is 5.41. The number of hydrogen-bond donors (Lipinski definition) is 0. The van der Waals surface area contributed by atoms with Gasteiger partial charge in [-0.25, -0.2) is 0 Å². The lowest BCUT2D eigenvalue weighted by Crippen LogP contribution is -1.91. The van der Waals surface area contributed by atoms with Crippen molar-refractivity contribution in [1.82, 2.24) is 0 Å². The first-order chi connectivity index (χ1) is 6.36. The first-order valence-electron chi connectivity index (χ1n) is 4.53. The summed E-state index contributed by atoms with van der Waals surface area (Å²) >= 11 is 0. The highest BCUT2D eigenvalue weighted by Crippen LogP contribution is 2.14. The normalized spacial score (nSPS) is 9.62. The van der Waals surface area contributed by atoms with Gasteiger partial charge in [-0.2, -0.15) is 0 Å². The van der Waals surface area contributed by atoms with Crippen LogP contribution < -0.4 is 4.74 Å². The van der Waals surface area contributed by atoms with Gasteiger partial charge in [0, 0.05) is 0 Å². The summed E-state index contributed by atoms with van der Waals surface area (Å²) in [4.78, 5) is 0. The van der Waals surface area contributed by atoms with Crippen molar-refractivity contribution >= 4 is 0 Å². The van der Waals surface area contributed by atoms with Crippen LogP contribution in [0.3, 0.4) is 0 Å². The van der Waals surface area contributed by atoms with E-state index in [1.54, 1.807) is 0 Å². The van der Waals surface area contributed by atoms with Crippen molar-refractivity contribution in [3.05, 3.63) is 48.9 Å². The topological polar surface area (TPSA) is 9.23 Å². The Kier molecular flexibility index (Phi) is 4.10. The fraction of sp³-hybridized carbons (Fsp3) is 0.250. The molecule has 0 amide bonds. The third-order valence-electron chi connectivity index (χ3n) is 1.71. The van der Waals surface area contributed by atoms with E-state index in [9.17, 15) is 0 Å². The molecule has 0 aromatic heterocycles. The third-order valence-corrected chi connectivity index (χ3v) is 1.71. The first kappa shape index (κ1) is 9.85.